The van der Waals surface area contributed by atoms with Crippen LogP contribution in [0.4, 0.5) is 0 Å². The number of carbonyl (C=O) groups is 1. The minimum Gasteiger partial charge on any atom is -0.424 e. The average molecular weight is 522 g/mol. The molecule has 0 spiro atoms. The number of aliphatic hydroxyl groups is 1. The standard InChI is InChI=1S/C27H28ClN5O4/c1-27(2,33-23(35)15-34)22-8-7-19(14-29-22)37-26-30-21-13-20(28)24(31-25(21)32-26)18-5-3-16(4-6-18)17-9-11-36-12-10-17/h3-5,7-9,13-14,18,34H,6,10-12,15H2,1-2H3,(H,33,35)(H,30,31,32). The second-order valence-electron chi connectivity index (χ2n) is 9.50. The van der Waals surface area contributed by atoms with Crippen molar-refractivity contribution in [3.05, 3.63) is 76.3 Å². The molecular weight excluding hydrogens is 494 g/mol. The van der Waals surface area contributed by atoms with E-state index in [1.54, 1.807) is 32.2 Å². The average Bonchev–Trinajstić information content (AvgIpc) is 3.29. The van der Waals surface area contributed by atoms with Crippen molar-refractivity contribution in [3.8, 4) is 11.8 Å². The van der Waals surface area contributed by atoms with Crippen LogP contribution in [0.5, 0.6) is 11.8 Å². The van der Waals surface area contributed by atoms with Gasteiger partial charge in [0.25, 0.3) is 0 Å². The normalized spacial score (nSPS) is 17.9. The highest BCUT2D eigenvalue weighted by Crippen LogP contribution is 2.35. The molecule has 1 atom stereocenters. The summed E-state index contributed by atoms with van der Waals surface area (Å²) in [6.45, 7) is 4.44. The molecule has 1 aliphatic heterocycles. The lowest BCUT2D eigenvalue weighted by Gasteiger charge is -2.25. The van der Waals surface area contributed by atoms with Crippen LogP contribution in [-0.2, 0) is 15.1 Å². The largest absolute Gasteiger partial charge is 0.424 e. The number of amides is 1. The fourth-order valence-electron chi connectivity index (χ4n) is 4.44. The summed E-state index contributed by atoms with van der Waals surface area (Å²) in [5.41, 5.74) is 4.40. The zero-order valence-corrected chi connectivity index (χ0v) is 21.4. The maximum Gasteiger partial charge on any atom is 0.301 e. The molecule has 3 aromatic rings. The summed E-state index contributed by atoms with van der Waals surface area (Å²) in [6.07, 6.45) is 11.9. The van der Waals surface area contributed by atoms with E-state index in [1.165, 1.54) is 11.1 Å². The number of rotatable bonds is 7. The topological polar surface area (TPSA) is 122 Å². The first-order valence-electron chi connectivity index (χ1n) is 12.1. The van der Waals surface area contributed by atoms with Gasteiger partial charge in [-0.2, -0.15) is 4.98 Å². The summed E-state index contributed by atoms with van der Waals surface area (Å²) in [6, 6.07) is 5.57. The summed E-state index contributed by atoms with van der Waals surface area (Å²) in [7, 11) is 0. The van der Waals surface area contributed by atoms with Gasteiger partial charge in [0.05, 0.1) is 46.9 Å². The first-order valence-corrected chi connectivity index (χ1v) is 12.5. The lowest BCUT2D eigenvalue weighted by molar-refractivity contribution is -0.125. The molecule has 0 saturated carbocycles. The molecule has 0 bridgehead atoms. The van der Waals surface area contributed by atoms with Gasteiger partial charge in [0, 0.05) is 5.92 Å². The monoisotopic (exact) mass is 521 g/mol. The van der Waals surface area contributed by atoms with E-state index in [2.05, 4.69) is 44.6 Å². The van der Waals surface area contributed by atoms with E-state index in [1.807, 2.05) is 6.07 Å². The van der Waals surface area contributed by atoms with Crippen LogP contribution in [0.15, 0.2) is 59.8 Å². The Morgan fingerprint density at radius 3 is 2.86 bits per heavy atom. The number of nitrogens with one attached hydrogen (secondary N) is 2. The second kappa shape index (κ2) is 10.5. The highest BCUT2D eigenvalue weighted by Gasteiger charge is 2.24. The van der Waals surface area contributed by atoms with E-state index in [-0.39, 0.29) is 11.9 Å². The Hall–Kier alpha value is -3.53. The van der Waals surface area contributed by atoms with E-state index in [9.17, 15) is 4.79 Å². The van der Waals surface area contributed by atoms with Crippen molar-refractivity contribution >= 4 is 28.7 Å². The number of aromatic nitrogens is 4. The Morgan fingerprint density at radius 2 is 2.19 bits per heavy atom. The fraction of sp³-hybridized carbons (Fsp3) is 0.333. The van der Waals surface area contributed by atoms with Gasteiger partial charge in [-0.3, -0.25) is 9.78 Å². The number of ether oxygens (including phenoxy) is 2. The summed E-state index contributed by atoms with van der Waals surface area (Å²) >= 11 is 6.61. The molecule has 5 rings (SSSR count). The van der Waals surface area contributed by atoms with E-state index >= 15 is 0 Å². The number of nitrogens with zero attached hydrogens (tertiary/aromatic N) is 3. The molecule has 3 N–H and O–H groups in total. The lowest BCUT2D eigenvalue weighted by atomic mass is 9.89. The van der Waals surface area contributed by atoms with Crippen LogP contribution in [0.3, 0.4) is 0 Å². The van der Waals surface area contributed by atoms with Gasteiger partial charge in [0.1, 0.15) is 12.4 Å². The van der Waals surface area contributed by atoms with Crippen molar-refractivity contribution in [1.82, 2.24) is 25.3 Å². The van der Waals surface area contributed by atoms with Gasteiger partial charge in [-0.25, -0.2) is 4.98 Å². The van der Waals surface area contributed by atoms with Gasteiger partial charge in [-0.15, -0.1) is 0 Å². The predicted molar refractivity (Wildman–Crippen MR) is 140 cm³/mol. The maximum atomic E-state index is 11.6. The van der Waals surface area contributed by atoms with Crippen LogP contribution in [0.1, 0.15) is 44.0 Å². The number of halogens is 1. The van der Waals surface area contributed by atoms with E-state index in [4.69, 9.17) is 31.2 Å². The Morgan fingerprint density at radius 1 is 1.32 bits per heavy atom. The number of carbonyl (C=O) groups excluding carboxylic acids is 1. The van der Waals surface area contributed by atoms with Gasteiger partial charge in [0.2, 0.25) is 5.91 Å². The first kappa shape index (κ1) is 25.1. The Balaban J connectivity index is 1.30. The molecule has 4 heterocycles. The number of imidazole rings is 1. The number of aliphatic hydroxyl groups excluding tert-OH is 1. The SMILES string of the molecule is CC(C)(NC(=O)CO)c1ccc(Oc2nc3nc(C4C=CC(C5=CCOCC5)=CC4)c(Cl)cc3[nH]2)cn1. The molecule has 192 valence electrons. The van der Waals surface area contributed by atoms with Crippen LogP contribution in [0.25, 0.3) is 11.2 Å². The zero-order chi connectivity index (χ0) is 26.0. The molecule has 1 unspecified atom stereocenters. The van der Waals surface area contributed by atoms with Crippen molar-refractivity contribution in [2.75, 3.05) is 19.8 Å². The van der Waals surface area contributed by atoms with Crippen LogP contribution in [0, 0.1) is 0 Å². The van der Waals surface area contributed by atoms with Crippen LogP contribution >= 0.6 is 11.6 Å². The highest BCUT2D eigenvalue weighted by molar-refractivity contribution is 6.31. The second-order valence-corrected chi connectivity index (χ2v) is 9.90. The summed E-state index contributed by atoms with van der Waals surface area (Å²) in [5, 5.41) is 12.3. The van der Waals surface area contributed by atoms with Gasteiger partial charge >= 0.3 is 6.01 Å². The third-order valence-electron chi connectivity index (χ3n) is 6.40. The van der Waals surface area contributed by atoms with Gasteiger partial charge in [-0.1, -0.05) is 35.9 Å². The zero-order valence-electron chi connectivity index (χ0n) is 20.6. The number of H-pyrrole nitrogens is 1. The molecule has 0 fully saturated rings. The Kier molecular flexibility index (Phi) is 7.10. The molecule has 1 aliphatic carbocycles. The molecule has 2 aliphatic rings. The van der Waals surface area contributed by atoms with Crippen molar-refractivity contribution in [2.45, 2.75) is 38.1 Å². The summed E-state index contributed by atoms with van der Waals surface area (Å²) in [5.74, 6) is 0.0547. The summed E-state index contributed by atoms with van der Waals surface area (Å²) in [4.78, 5) is 28.3. The number of hydrogen-bond acceptors (Lipinski definition) is 7. The highest BCUT2D eigenvalue weighted by atomic mass is 35.5. The minimum absolute atomic E-state index is 0.0635. The Bertz CT molecular complexity index is 1410. The third kappa shape index (κ3) is 5.58. The predicted octanol–water partition coefficient (Wildman–Crippen LogP) is 4.46. The fourth-order valence-corrected chi connectivity index (χ4v) is 4.73. The van der Waals surface area contributed by atoms with E-state index in [0.29, 0.717) is 34.2 Å². The number of fused-ring (bicyclic) bond motifs is 1. The first-order chi connectivity index (χ1) is 17.8. The van der Waals surface area contributed by atoms with Crippen molar-refractivity contribution < 1.29 is 19.4 Å². The molecule has 0 radical (unpaired) electrons. The Labute approximate surface area is 219 Å². The van der Waals surface area contributed by atoms with Gasteiger partial charge in [-0.05, 0) is 56.0 Å². The van der Waals surface area contributed by atoms with E-state index < -0.39 is 18.1 Å². The molecule has 9 nitrogen and oxygen atoms in total. The molecule has 1 amide bonds. The van der Waals surface area contributed by atoms with Crippen LogP contribution in [-0.4, -0.2) is 50.8 Å². The minimum atomic E-state index is -0.750. The molecule has 10 heteroatoms. The molecule has 0 saturated heterocycles. The number of aromatic amines is 1. The number of pyridine rings is 2. The van der Waals surface area contributed by atoms with Gasteiger partial charge < -0.3 is 24.9 Å². The number of allylic oxidation sites excluding steroid dienone is 4. The third-order valence-corrected chi connectivity index (χ3v) is 6.71. The van der Waals surface area contributed by atoms with Crippen LogP contribution < -0.4 is 10.1 Å². The van der Waals surface area contributed by atoms with E-state index in [0.717, 1.165) is 25.1 Å². The van der Waals surface area contributed by atoms with Gasteiger partial charge in [0.15, 0.2) is 5.65 Å². The number of hydrogen-bond donors (Lipinski definition) is 3. The quantitative estimate of drug-likeness (QED) is 0.419. The van der Waals surface area contributed by atoms with Crippen molar-refractivity contribution in [3.63, 3.8) is 0 Å². The molecule has 3 aromatic heterocycles. The van der Waals surface area contributed by atoms with Crippen LogP contribution in [0.2, 0.25) is 5.02 Å². The summed E-state index contributed by atoms with van der Waals surface area (Å²) < 4.78 is 11.3. The molecule has 0 aromatic carbocycles. The molecular formula is C27H28ClN5O4. The maximum absolute atomic E-state index is 11.6. The lowest BCUT2D eigenvalue weighted by Crippen LogP contribution is -2.42. The smallest absolute Gasteiger partial charge is 0.301 e. The van der Waals surface area contributed by atoms with Crippen molar-refractivity contribution in [1.29, 1.82) is 0 Å². The molecule has 37 heavy (non-hydrogen) atoms. The van der Waals surface area contributed by atoms with Crippen molar-refractivity contribution in [2.24, 2.45) is 0 Å².